The molecule has 5 N–H and O–H groups in total. The number of hydrogen-bond acceptors (Lipinski definition) is 13. The number of carbonyl (C=O) groups excluding carboxylic acids is 1. The number of aliphatic hydroxyl groups is 3. The van der Waals surface area contributed by atoms with E-state index in [9.17, 15) is 35.1 Å². The summed E-state index contributed by atoms with van der Waals surface area (Å²) in [5.74, 6) is -2.87. The third-order valence-corrected chi connectivity index (χ3v) is 5.70. The molecule has 14 nitrogen and oxygen atoms in total. The third kappa shape index (κ3) is 5.78. The number of carbonyl (C=O) groups is 2. The van der Waals surface area contributed by atoms with E-state index in [0.717, 1.165) is 12.1 Å². The molecule has 2 aromatic rings. The molecule has 0 amide bonds. The number of carboxylic acid groups (broad SMARTS) is 1. The fraction of sp³-hybridized carbons (Fsp3) is 0.417. The number of hydrogen-bond donors (Lipinski definition) is 5. The molecule has 14 heteroatoms. The molecule has 5 atom stereocenters. The minimum Gasteiger partial charge on any atom is -0.502 e. The van der Waals surface area contributed by atoms with Crippen LogP contribution >= 0.6 is 0 Å². The van der Waals surface area contributed by atoms with Gasteiger partial charge >= 0.3 is 11.9 Å². The summed E-state index contributed by atoms with van der Waals surface area (Å²) in [5.41, 5.74) is -0.220. The normalized spacial score (nSPS) is 22.8. The zero-order valence-electron chi connectivity index (χ0n) is 20.8. The van der Waals surface area contributed by atoms with Gasteiger partial charge in [-0.05, 0) is 24.3 Å². The highest BCUT2D eigenvalue weighted by Gasteiger charge is 2.46. The maximum atomic E-state index is 12.6. The van der Waals surface area contributed by atoms with Crippen molar-refractivity contribution in [3.05, 3.63) is 35.4 Å². The number of aromatic carboxylic acids is 1. The average molecular weight is 540 g/mol. The number of carboxylic acids is 1. The molecule has 1 saturated heterocycles. The van der Waals surface area contributed by atoms with Crippen LogP contribution in [0.1, 0.15) is 20.7 Å². The van der Waals surface area contributed by atoms with E-state index in [0.29, 0.717) is 0 Å². The number of aromatic hydroxyl groups is 1. The Labute approximate surface area is 216 Å². The van der Waals surface area contributed by atoms with Crippen LogP contribution in [0.4, 0.5) is 0 Å². The van der Waals surface area contributed by atoms with Gasteiger partial charge in [0.05, 0.1) is 39.6 Å². The molecule has 0 unspecified atom stereocenters. The number of phenols is 1. The number of rotatable bonds is 10. The first-order chi connectivity index (χ1) is 18.1. The lowest BCUT2D eigenvalue weighted by molar-refractivity contribution is -0.277. The number of benzene rings is 2. The second-order valence-corrected chi connectivity index (χ2v) is 7.98. The average Bonchev–Trinajstić information content (AvgIpc) is 2.92. The van der Waals surface area contributed by atoms with Crippen LogP contribution in [0, 0.1) is 0 Å². The molecular formula is C24H28O14. The molecule has 1 heterocycles. The van der Waals surface area contributed by atoms with Gasteiger partial charge in [0.25, 0.3) is 0 Å². The molecule has 208 valence electrons. The van der Waals surface area contributed by atoms with Crippen LogP contribution < -0.4 is 23.7 Å². The Bertz CT molecular complexity index is 1110. The van der Waals surface area contributed by atoms with Gasteiger partial charge in [-0.3, -0.25) is 0 Å². The van der Waals surface area contributed by atoms with Gasteiger partial charge in [-0.15, -0.1) is 0 Å². The van der Waals surface area contributed by atoms with E-state index < -0.39 is 49.3 Å². The summed E-state index contributed by atoms with van der Waals surface area (Å²) in [5, 5.41) is 50.6. The van der Waals surface area contributed by atoms with Crippen molar-refractivity contribution in [2.45, 2.75) is 30.7 Å². The van der Waals surface area contributed by atoms with Crippen molar-refractivity contribution < 1.29 is 68.3 Å². The van der Waals surface area contributed by atoms with E-state index in [1.165, 1.54) is 40.6 Å². The van der Waals surface area contributed by atoms with E-state index in [2.05, 4.69) is 0 Å². The van der Waals surface area contributed by atoms with Gasteiger partial charge in [0.15, 0.2) is 23.0 Å². The highest BCUT2D eigenvalue weighted by atomic mass is 16.7. The Morgan fingerprint density at radius 2 is 1.29 bits per heavy atom. The highest BCUT2D eigenvalue weighted by Crippen LogP contribution is 2.41. The lowest BCUT2D eigenvalue weighted by Crippen LogP contribution is -2.60. The van der Waals surface area contributed by atoms with Crippen LogP contribution in [0.3, 0.4) is 0 Å². The van der Waals surface area contributed by atoms with Crippen molar-refractivity contribution in [2.24, 2.45) is 0 Å². The fourth-order valence-corrected chi connectivity index (χ4v) is 3.64. The van der Waals surface area contributed by atoms with E-state index in [1.807, 2.05) is 0 Å². The molecule has 0 saturated carbocycles. The lowest BCUT2D eigenvalue weighted by atomic mass is 9.99. The summed E-state index contributed by atoms with van der Waals surface area (Å²) in [6, 6.07) is 4.73. The first-order valence-electron chi connectivity index (χ1n) is 11.0. The lowest BCUT2D eigenvalue weighted by Gasteiger charge is -2.40. The monoisotopic (exact) mass is 540 g/mol. The number of ether oxygens (including phenoxy) is 7. The van der Waals surface area contributed by atoms with Gasteiger partial charge < -0.3 is 58.7 Å². The smallest absolute Gasteiger partial charge is 0.338 e. The van der Waals surface area contributed by atoms with E-state index >= 15 is 0 Å². The topological polar surface area (TPSA) is 200 Å². The SMILES string of the molecule is COc1cc(C(=O)OC[C@H]2O[C@@H](Oc3c(OC)cc(C(=O)O)cc3OC)[C@H](O)[C@@H](O)[C@@H]2O)cc(OC)c1O. The molecule has 1 aliphatic heterocycles. The van der Waals surface area contributed by atoms with E-state index in [-0.39, 0.29) is 45.6 Å². The minimum atomic E-state index is -1.78. The Morgan fingerprint density at radius 3 is 1.76 bits per heavy atom. The third-order valence-electron chi connectivity index (χ3n) is 5.70. The number of aliphatic hydroxyl groups excluding tert-OH is 3. The molecule has 1 aliphatic rings. The fourth-order valence-electron chi connectivity index (χ4n) is 3.64. The number of phenolic OH excluding ortho intramolecular Hbond substituents is 1. The molecule has 0 aromatic heterocycles. The van der Waals surface area contributed by atoms with E-state index in [4.69, 9.17) is 33.2 Å². The van der Waals surface area contributed by atoms with Crippen molar-refractivity contribution >= 4 is 11.9 Å². The second-order valence-electron chi connectivity index (χ2n) is 7.98. The quantitative estimate of drug-likeness (QED) is 0.255. The predicted octanol–water partition coefficient (Wildman–Crippen LogP) is 0.168. The highest BCUT2D eigenvalue weighted by molar-refractivity contribution is 5.91. The van der Waals surface area contributed by atoms with Gasteiger partial charge in [0.2, 0.25) is 17.8 Å². The summed E-state index contributed by atoms with van der Waals surface area (Å²) in [6.45, 7) is -0.582. The Hall–Kier alpha value is -3.98. The van der Waals surface area contributed by atoms with Gasteiger partial charge in [0, 0.05) is 0 Å². The summed E-state index contributed by atoms with van der Waals surface area (Å²) in [7, 11) is 5.06. The van der Waals surface area contributed by atoms with Crippen molar-refractivity contribution in [3.8, 4) is 34.5 Å². The first kappa shape index (κ1) is 28.6. The zero-order valence-corrected chi connectivity index (χ0v) is 20.8. The number of methoxy groups -OCH3 is 4. The minimum absolute atomic E-state index is 0.0472. The van der Waals surface area contributed by atoms with Gasteiger partial charge in [-0.2, -0.15) is 0 Å². The predicted molar refractivity (Wildman–Crippen MR) is 125 cm³/mol. The molecule has 1 fully saturated rings. The molecule has 3 rings (SSSR count). The number of esters is 1. The Kier molecular flexibility index (Phi) is 9.06. The molecule has 38 heavy (non-hydrogen) atoms. The molecule has 0 bridgehead atoms. The summed E-state index contributed by atoms with van der Waals surface area (Å²) in [6.07, 6.45) is -8.21. The molecule has 0 radical (unpaired) electrons. The van der Waals surface area contributed by atoms with Crippen LogP contribution in [0.5, 0.6) is 34.5 Å². The molecular weight excluding hydrogens is 512 g/mol. The van der Waals surface area contributed by atoms with E-state index in [1.54, 1.807) is 0 Å². The molecule has 0 aliphatic carbocycles. The maximum absolute atomic E-state index is 12.6. The van der Waals surface area contributed by atoms with Crippen molar-refractivity contribution in [1.82, 2.24) is 0 Å². The van der Waals surface area contributed by atoms with Crippen molar-refractivity contribution in [3.63, 3.8) is 0 Å². The Morgan fingerprint density at radius 1 is 0.789 bits per heavy atom. The zero-order chi connectivity index (χ0) is 28.1. The van der Waals surface area contributed by atoms with Crippen LogP contribution in [-0.4, -0.2) is 103 Å². The van der Waals surface area contributed by atoms with Crippen LogP contribution in [0.2, 0.25) is 0 Å². The van der Waals surface area contributed by atoms with Crippen LogP contribution in [0.25, 0.3) is 0 Å². The van der Waals surface area contributed by atoms with Gasteiger partial charge in [-0.25, -0.2) is 9.59 Å². The molecule has 2 aromatic carbocycles. The molecule has 0 spiro atoms. The standard InChI is InChI=1S/C24H28O14/c1-32-12-7-11(8-13(33-2)17(12)25)23(31)36-9-16-18(26)19(27)20(28)24(37-16)38-21-14(34-3)5-10(22(29)30)6-15(21)35-4/h5-8,16,18-20,24-28H,9H2,1-4H3,(H,29,30)/t16-,18-,19+,20-,24+/m1/s1. The van der Waals surface area contributed by atoms with Gasteiger partial charge in [-0.1, -0.05) is 0 Å². The maximum Gasteiger partial charge on any atom is 0.338 e. The van der Waals surface area contributed by atoms with Crippen molar-refractivity contribution in [2.75, 3.05) is 35.0 Å². The second kappa shape index (κ2) is 12.0. The van der Waals surface area contributed by atoms with Crippen LogP contribution in [-0.2, 0) is 9.47 Å². The Balaban J connectivity index is 1.80. The summed E-state index contributed by atoms with van der Waals surface area (Å²) >= 11 is 0. The summed E-state index contributed by atoms with van der Waals surface area (Å²) in [4.78, 5) is 24.0. The largest absolute Gasteiger partial charge is 0.502 e. The van der Waals surface area contributed by atoms with Crippen molar-refractivity contribution in [1.29, 1.82) is 0 Å². The van der Waals surface area contributed by atoms with Crippen LogP contribution in [0.15, 0.2) is 24.3 Å². The van der Waals surface area contributed by atoms with Gasteiger partial charge in [0.1, 0.15) is 31.0 Å². The first-order valence-corrected chi connectivity index (χ1v) is 11.0. The summed E-state index contributed by atoms with van der Waals surface area (Å²) < 4.78 is 36.8.